The van der Waals surface area contributed by atoms with E-state index in [1.807, 2.05) is 13.0 Å². The van der Waals surface area contributed by atoms with Gasteiger partial charge in [0, 0.05) is 12.0 Å². The second-order valence-corrected chi connectivity index (χ2v) is 7.60. The minimum Gasteiger partial charge on any atom is -0.493 e. The third-order valence-corrected chi connectivity index (χ3v) is 5.47. The van der Waals surface area contributed by atoms with Gasteiger partial charge in [-0.15, -0.1) is 0 Å². The number of nitrogens with zero attached hydrogens (tertiary/aromatic N) is 3. The highest BCUT2D eigenvalue weighted by molar-refractivity contribution is 5.94. The molecule has 0 atom stereocenters. The smallest absolute Gasteiger partial charge is 0.343 e. The molecule has 0 bridgehead atoms. The number of para-hydroxylation sites is 2. The van der Waals surface area contributed by atoms with Gasteiger partial charge in [0.2, 0.25) is 5.75 Å². The Hall–Kier alpha value is -4.66. The lowest BCUT2D eigenvalue weighted by Crippen LogP contribution is -2.22. The van der Waals surface area contributed by atoms with Gasteiger partial charge in [-0.05, 0) is 36.4 Å². The minimum atomic E-state index is -0.631. The molecule has 0 unspecified atom stereocenters. The fraction of sp³-hybridized carbons (Fsp3) is 0.185. The third-order valence-electron chi connectivity index (χ3n) is 5.47. The molecule has 0 aliphatic rings. The second kappa shape index (κ2) is 10.7. The molecular weight excluding hydrogens is 462 g/mol. The van der Waals surface area contributed by atoms with Crippen LogP contribution in [0.1, 0.15) is 28.7 Å². The highest BCUT2D eigenvalue weighted by Crippen LogP contribution is 2.38. The van der Waals surface area contributed by atoms with Gasteiger partial charge >= 0.3 is 5.97 Å². The van der Waals surface area contributed by atoms with E-state index < -0.39 is 5.97 Å². The standard InChI is InChI=1S/C27H25N3O6/c1-5-24-29-20-12-8-7-11-19(20)26(31)30(24)28-16-17-10-6-9-13-21(17)36-27(32)18-14-22(33-2)25(35-4)23(15-18)34-3/h6-16H,5H2,1-4H3/b28-16+. The van der Waals surface area contributed by atoms with Crippen LogP contribution in [0.15, 0.2) is 70.6 Å². The summed E-state index contributed by atoms with van der Waals surface area (Å²) in [5.41, 5.74) is 1.05. The molecule has 9 heteroatoms. The molecule has 1 heterocycles. The van der Waals surface area contributed by atoms with Crippen molar-refractivity contribution < 1.29 is 23.7 Å². The molecule has 0 saturated heterocycles. The Morgan fingerprint density at radius 1 is 0.944 bits per heavy atom. The van der Waals surface area contributed by atoms with E-state index in [0.717, 1.165) is 0 Å². The first kappa shape index (κ1) is 24.5. The van der Waals surface area contributed by atoms with Crippen LogP contribution >= 0.6 is 0 Å². The van der Waals surface area contributed by atoms with Crippen molar-refractivity contribution in [2.75, 3.05) is 21.3 Å². The van der Waals surface area contributed by atoms with E-state index >= 15 is 0 Å². The van der Waals surface area contributed by atoms with Crippen LogP contribution in [0.2, 0.25) is 0 Å². The van der Waals surface area contributed by atoms with Gasteiger partial charge in [0.15, 0.2) is 11.5 Å². The maximum absolute atomic E-state index is 13.0. The highest BCUT2D eigenvalue weighted by atomic mass is 16.5. The van der Waals surface area contributed by atoms with Crippen LogP contribution in [-0.4, -0.2) is 43.2 Å². The summed E-state index contributed by atoms with van der Waals surface area (Å²) in [6.45, 7) is 1.90. The Labute approximate surface area is 207 Å². The maximum Gasteiger partial charge on any atom is 0.343 e. The zero-order valence-corrected chi connectivity index (χ0v) is 20.3. The Kier molecular flexibility index (Phi) is 7.29. The summed E-state index contributed by atoms with van der Waals surface area (Å²) in [6, 6.07) is 17.0. The van der Waals surface area contributed by atoms with E-state index in [9.17, 15) is 9.59 Å². The average molecular weight is 488 g/mol. The van der Waals surface area contributed by atoms with Gasteiger partial charge in [0.1, 0.15) is 11.6 Å². The van der Waals surface area contributed by atoms with Gasteiger partial charge < -0.3 is 18.9 Å². The van der Waals surface area contributed by atoms with Gasteiger partial charge in [-0.2, -0.15) is 9.78 Å². The summed E-state index contributed by atoms with van der Waals surface area (Å²) in [5, 5.41) is 4.85. The van der Waals surface area contributed by atoms with Crippen molar-refractivity contribution in [3.05, 3.63) is 88.0 Å². The Bertz CT molecular complexity index is 1480. The molecule has 0 radical (unpaired) electrons. The molecule has 0 aliphatic heterocycles. The zero-order valence-electron chi connectivity index (χ0n) is 20.3. The molecule has 0 N–H and O–H groups in total. The highest BCUT2D eigenvalue weighted by Gasteiger charge is 2.19. The summed E-state index contributed by atoms with van der Waals surface area (Å²) in [4.78, 5) is 30.6. The summed E-state index contributed by atoms with van der Waals surface area (Å²) in [5.74, 6) is 1.17. The minimum absolute atomic E-state index is 0.208. The third kappa shape index (κ3) is 4.76. The normalized spacial score (nSPS) is 11.0. The largest absolute Gasteiger partial charge is 0.493 e. The molecule has 0 fully saturated rings. The van der Waals surface area contributed by atoms with Gasteiger partial charge in [-0.3, -0.25) is 4.79 Å². The predicted octanol–water partition coefficient (Wildman–Crippen LogP) is 4.09. The van der Waals surface area contributed by atoms with Crippen molar-refractivity contribution in [2.45, 2.75) is 13.3 Å². The average Bonchev–Trinajstić information content (AvgIpc) is 2.92. The number of esters is 1. The van der Waals surface area contributed by atoms with Crippen LogP contribution < -0.4 is 24.5 Å². The number of fused-ring (bicyclic) bond motifs is 1. The number of ether oxygens (including phenoxy) is 4. The first-order valence-corrected chi connectivity index (χ1v) is 11.2. The van der Waals surface area contributed by atoms with E-state index in [0.29, 0.717) is 46.0 Å². The number of carbonyl (C=O) groups is 1. The van der Waals surface area contributed by atoms with Crippen LogP contribution in [0.5, 0.6) is 23.0 Å². The lowest BCUT2D eigenvalue weighted by Gasteiger charge is -2.14. The fourth-order valence-corrected chi connectivity index (χ4v) is 3.68. The predicted molar refractivity (Wildman–Crippen MR) is 136 cm³/mol. The molecular formula is C27H25N3O6. The van der Waals surface area contributed by atoms with Crippen molar-refractivity contribution in [3.8, 4) is 23.0 Å². The molecule has 184 valence electrons. The SMILES string of the molecule is CCc1nc2ccccc2c(=O)n1/N=C/c1ccccc1OC(=O)c1cc(OC)c(OC)c(OC)c1. The van der Waals surface area contributed by atoms with Crippen LogP contribution in [0.4, 0.5) is 0 Å². The lowest BCUT2D eigenvalue weighted by molar-refractivity contribution is 0.0733. The first-order valence-electron chi connectivity index (χ1n) is 11.2. The van der Waals surface area contributed by atoms with E-state index in [4.69, 9.17) is 18.9 Å². The number of methoxy groups -OCH3 is 3. The Balaban J connectivity index is 1.68. The van der Waals surface area contributed by atoms with Crippen molar-refractivity contribution in [3.63, 3.8) is 0 Å². The number of benzene rings is 3. The number of hydrogen-bond acceptors (Lipinski definition) is 8. The fourth-order valence-electron chi connectivity index (χ4n) is 3.68. The molecule has 3 aromatic carbocycles. The summed E-state index contributed by atoms with van der Waals surface area (Å²) >= 11 is 0. The molecule has 36 heavy (non-hydrogen) atoms. The molecule has 0 saturated carbocycles. The second-order valence-electron chi connectivity index (χ2n) is 7.60. The molecule has 1 aromatic heterocycles. The van der Waals surface area contributed by atoms with E-state index in [1.54, 1.807) is 42.5 Å². The van der Waals surface area contributed by atoms with Crippen molar-refractivity contribution in [1.29, 1.82) is 0 Å². The molecule has 9 nitrogen and oxygen atoms in total. The van der Waals surface area contributed by atoms with Crippen molar-refractivity contribution in [1.82, 2.24) is 9.66 Å². The number of carbonyl (C=O) groups excluding carboxylic acids is 1. The van der Waals surface area contributed by atoms with Crippen LogP contribution in [-0.2, 0) is 6.42 Å². The van der Waals surface area contributed by atoms with Crippen LogP contribution in [0.3, 0.4) is 0 Å². The maximum atomic E-state index is 13.0. The number of aromatic nitrogens is 2. The lowest BCUT2D eigenvalue weighted by atomic mass is 10.1. The Morgan fingerprint density at radius 2 is 1.61 bits per heavy atom. The molecule has 0 aliphatic carbocycles. The number of aryl methyl sites for hydroxylation is 1. The topological polar surface area (TPSA) is 101 Å². The van der Waals surface area contributed by atoms with E-state index in [1.165, 1.54) is 44.4 Å². The zero-order chi connectivity index (χ0) is 25.7. The molecule has 4 aromatic rings. The van der Waals surface area contributed by atoms with E-state index in [-0.39, 0.29) is 16.9 Å². The summed E-state index contributed by atoms with van der Waals surface area (Å²) in [6.07, 6.45) is 1.98. The quantitative estimate of drug-likeness (QED) is 0.210. The monoisotopic (exact) mass is 487 g/mol. The van der Waals surface area contributed by atoms with Crippen LogP contribution in [0, 0.1) is 0 Å². The first-order chi connectivity index (χ1) is 17.5. The van der Waals surface area contributed by atoms with E-state index in [2.05, 4.69) is 10.1 Å². The van der Waals surface area contributed by atoms with Gasteiger partial charge in [-0.1, -0.05) is 31.2 Å². The van der Waals surface area contributed by atoms with Gasteiger partial charge in [0.25, 0.3) is 5.56 Å². The Morgan fingerprint density at radius 3 is 2.28 bits per heavy atom. The summed E-state index contributed by atoms with van der Waals surface area (Å²) in [7, 11) is 4.41. The molecule has 0 spiro atoms. The van der Waals surface area contributed by atoms with Gasteiger partial charge in [0.05, 0.1) is 44.0 Å². The number of hydrogen-bond donors (Lipinski definition) is 0. The molecule has 4 rings (SSSR count). The van der Waals surface area contributed by atoms with Gasteiger partial charge in [-0.25, -0.2) is 9.78 Å². The van der Waals surface area contributed by atoms with Crippen molar-refractivity contribution in [2.24, 2.45) is 5.10 Å². The summed E-state index contributed by atoms with van der Waals surface area (Å²) < 4.78 is 22.9. The van der Waals surface area contributed by atoms with Crippen LogP contribution in [0.25, 0.3) is 10.9 Å². The number of rotatable bonds is 8. The molecule has 0 amide bonds. The van der Waals surface area contributed by atoms with Crippen molar-refractivity contribution >= 4 is 23.1 Å².